The van der Waals surface area contributed by atoms with E-state index in [9.17, 15) is 4.79 Å². The molecule has 29 heavy (non-hydrogen) atoms. The van der Waals surface area contributed by atoms with Gasteiger partial charge < -0.3 is 4.74 Å². The van der Waals surface area contributed by atoms with Crippen LogP contribution in [0.3, 0.4) is 0 Å². The lowest BCUT2D eigenvalue weighted by Gasteiger charge is -2.11. The minimum absolute atomic E-state index is 0.0381. The van der Waals surface area contributed by atoms with Crippen molar-refractivity contribution < 1.29 is 9.53 Å². The Bertz CT molecular complexity index is 751. The van der Waals surface area contributed by atoms with Gasteiger partial charge in [-0.2, -0.15) is 0 Å². The van der Waals surface area contributed by atoms with Crippen LogP contribution in [0.5, 0.6) is 0 Å². The maximum Gasteiger partial charge on any atom is 0.331 e. The van der Waals surface area contributed by atoms with Crippen LogP contribution in [0.1, 0.15) is 76.8 Å². The number of carbonyl (C=O) groups excluding carboxylic acids is 1. The van der Waals surface area contributed by atoms with Crippen molar-refractivity contribution in [3.63, 3.8) is 0 Å². The Morgan fingerprint density at radius 1 is 1.00 bits per heavy atom. The molecule has 2 rings (SSSR count). The van der Waals surface area contributed by atoms with Crippen LogP contribution in [-0.2, 0) is 16.0 Å². The van der Waals surface area contributed by atoms with Gasteiger partial charge in [-0.25, -0.2) is 14.8 Å². The van der Waals surface area contributed by atoms with E-state index in [1.54, 1.807) is 6.08 Å². The van der Waals surface area contributed by atoms with Gasteiger partial charge in [0.2, 0.25) is 0 Å². The zero-order valence-corrected chi connectivity index (χ0v) is 18.1. The number of aromatic nitrogens is 2. The average molecular weight is 395 g/mol. The van der Waals surface area contributed by atoms with E-state index in [0.29, 0.717) is 0 Å². The van der Waals surface area contributed by atoms with Gasteiger partial charge in [0.1, 0.15) is 0 Å². The number of aryl methyl sites for hydroxylation is 1. The van der Waals surface area contributed by atoms with Crippen molar-refractivity contribution >= 4 is 12.0 Å². The minimum atomic E-state index is -0.289. The zero-order valence-electron chi connectivity index (χ0n) is 18.1. The predicted octanol–water partition coefficient (Wildman–Crippen LogP) is 6.40. The maximum absolute atomic E-state index is 12.0. The van der Waals surface area contributed by atoms with Crippen LogP contribution in [0.4, 0.5) is 0 Å². The number of carbonyl (C=O) groups is 1. The smallest absolute Gasteiger partial charge is 0.331 e. The Hall–Kier alpha value is -2.49. The van der Waals surface area contributed by atoms with E-state index in [4.69, 9.17) is 4.74 Å². The topological polar surface area (TPSA) is 52.1 Å². The largest absolute Gasteiger partial charge is 0.460 e. The minimum Gasteiger partial charge on any atom is -0.460 e. The summed E-state index contributed by atoms with van der Waals surface area (Å²) < 4.78 is 5.44. The van der Waals surface area contributed by atoms with Crippen LogP contribution in [0.25, 0.3) is 17.5 Å². The van der Waals surface area contributed by atoms with Crippen molar-refractivity contribution in [3.8, 4) is 11.4 Å². The number of esters is 1. The lowest BCUT2D eigenvalue weighted by Crippen LogP contribution is -2.12. The fraction of sp³-hybridized carbons (Fsp3) is 0.480. The number of benzene rings is 1. The van der Waals surface area contributed by atoms with Gasteiger partial charge in [0.15, 0.2) is 5.82 Å². The van der Waals surface area contributed by atoms with Gasteiger partial charge in [0, 0.05) is 24.0 Å². The van der Waals surface area contributed by atoms with Crippen LogP contribution in [0, 0.1) is 0 Å². The first-order valence-corrected chi connectivity index (χ1v) is 10.9. The fourth-order valence-electron chi connectivity index (χ4n) is 3.08. The molecule has 0 bridgehead atoms. The third kappa shape index (κ3) is 8.59. The molecular weight excluding hydrogens is 360 g/mol. The summed E-state index contributed by atoms with van der Waals surface area (Å²) in [5.41, 5.74) is 3.08. The summed E-state index contributed by atoms with van der Waals surface area (Å²) in [7, 11) is 0. The molecule has 0 aliphatic rings. The highest BCUT2D eigenvalue weighted by Crippen LogP contribution is 2.17. The number of unbranched alkanes of at least 4 members (excludes halogenated alkanes) is 4. The number of hydrogen-bond acceptors (Lipinski definition) is 4. The van der Waals surface area contributed by atoms with Gasteiger partial charge in [-0.15, -0.1) is 0 Å². The fourth-order valence-corrected chi connectivity index (χ4v) is 3.08. The lowest BCUT2D eigenvalue weighted by atomic mass is 10.1. The summed E-state index contributed by atoms with van der Waals surface area (Å²) in [5.74, 6) is 0.431. The lowest BCUT2D eigenvalue weighted by molar-refractivity contribution is -0.142. The SMILES string of the molecule is CCCCCC[C@@H](C)OC(=O)C=Cc1ccc(-c2ncc(CCCC)cn2)cc1. The molecule has 156 valence electrons. The Morgan fingerprint density at radius 2 is 1.69 bits per heavy atom. The van der Waals surface area contributed by atoms with Gasteiger partial charge in [0.05, 0.1) is 6.10 Å². The van der Waals surface area contributed by atoms with Crippen LogP contribution in [0.2, 0.25) is 0 Å². The summed E-state index contributed by atoms with van der Waals surface area (Å²) in [6.45, 7) is 6.33. The van der Waals surface area contributed by atoms with Gasteiger partial charge in [0.25, 0.3) is 0 Å². The third-order valence-corrected chi connectivity index (χ3v) is 4.89. The van der Waals surface area contributed by atoms with E-state index in [2.05, 4.69) is 23.8 Å². The highest BCUT2D eigenvalue weighted by Gasteiger charge is 2.06. The molecule has 1 atom stereocenters. The Labute approximate surface area is 175 Å². The molecule has 0 saturated heterocycles. The summed E-state index contributed by atoms with van der Waals surface area (Å²) in [6.07, 6.45) is 16.1. The summed E-state index contributed by atoms with van der Waals surface area (Å²) >= 11 is 0. The Balaban J connectivity index is 1.84. The Kier molecular flexibility index (Phi) is 10.1. The molecule has 0 unspecified atom stereocenters. The zero-order chi connectivity index (χ0) is 20.9. The molecule has 0 aliphatic carbocycles. The van der Waals surface area contributed by atoms with Crippen molar-refractivity contribution in [3.05, 3.63) is 53.9 Å². The maximum atomic E-state index is 12.0. The van der Waals surface area contributed by atoms with Crippen LogP contribution in [0.15, 0.2) is 42.7 Å². The molecule has 0 fully saturated rings. The second-order valence-electron chi connectivity index (χ2n) is 7.57. The normalized spacial score (nSPS) is 12.2. The molecule has 0 spiro atoms. The van der Waals surface area contributed by atoms with E-state index in [1.165, 1.54) is 37.3 Å². The van der Waals surface area contributed by atoms with E-state index < -0.39 is 0 Å². The Morgan fingerprint density at radius 3 is 2.34 bits per heavy atom. The van der Waals surface area contributed by atoms with E-state index in [-0.39, 0.29) is 12.1 Å². The van der Waals surface area contributed by atoms with Gasteiger partial charge in [-0.05, 0) is 49.8 Å². The molecular formula is C25H34N2O2. The molecule has 0 saturated carbocycles. The number of hydrogen-bond donors (Lipinski definition) is 0. The molecule has 0 aliphatic heterocycles. The van der Waals surface area contributed by atoms with Crippen LogP contribution >= 0.6 is 0 Å². The van der Waals surface area contributed by atoms with E-state index in [0.717, 1.165) is 42.6 Å². The molecule has 1 aromatic heterocycles. The molecule has 0 amide bonds. The molecule has 4 nitrogen and oxygen atoms in total. The third-order valence-electron chi connectivity index (χ3n) is 4.89. The predicted molar refractivity (Wildman–Crippen MR) is 119 cm³/mol. The van der Waals surface area contributed by atoms with Crippen molar-refractivity contribution in [1.29, 1.82) is 0 Å². The van der Waals surface area contributed by atoms with E-state index >= 15 is 0 Å². The highest BCUT2D eigenvalue weighted by atomic mass is 16.5. The number of ether oxygens (including phenoxy) is 1. The average Bonchev–Trinajstić information content (AvgIpc) is 2.74. The van der Waals surface area contributed by atoms with Gasteiger partial charge in [-0.3, -0.25) is 0 Å². The molecule has 1 heterocycles. The summed E-state index contributed by atoms with van der Waals surface area (Å²) in [6, 6.07) is 7.87. The van der Waals surface area contributed by atoms with Gasteiger partial charge in [-0.1, -0.05) is 63.8 Å². The summed E-state index contributed by atoms with van der Waals surface area (Å²) in [4.78, 5) is 20.9. The second-order valence-corrected chi connectivity index (χ2v) is 7.57. The van der Waals surface area contributed by atoms with Crippen molar-refractivity contribution in [2.45, 2.75) is 78.2 Å². The van der Waals surface area contributed by atoms with Crippen molar-refractivity contribution in [1.82, 2.24) is 9.97 Å². The first-order chi connectivity index (χ1) is 14.1. The highest BCUT2D eigenvalue weighted by molar-refractivity contribution is 5.87. The molecule has 2 aromatic rings. The van der Waals surface area contributed by atoms with E-state index in [1.807, 2.05) is 43.6 Å². The number of rotatable bonds is 12. The first-order valence-electron chi connectivity index (χ1n) is 10.9. The van der Waals surface area contributed by atoms with Crippen molar-refractivity contribution in [2.75, 3.05) is 0 Å². The molecule has 4 heteroatoms. The summed E-state index contributed by atoms with van der Waals surface area (Å²) in [5, 5.41) is 0. The van der Waals surface area contributed by atoms with Crippen LogP contribution in [-0.4, -0.2) is 22.0 Å². The molecule has 1 aromatic carbocycles. The van der Waals surface area contributed by atoms with Gasteiger partial charge >= 0.3 is 5.97 Å². The molecule has 0 N–H and O–H groups in total. The van der Waals surface area contributed by atoms with Crippen molar-refractivity contribution in [2.24, 2.45) is 0 Å². The van der Waals surface area contributed by atoms with Crippen LogP contribution < -0.4 is 0 Å². The monoisotopic (exact) mass is 394 g/mol. The molecule has 0 radical (unpaired) electrons. The number of nitrogens with zero attached hydrogens (tertiary/aromatic N) is 2. The quantitative estimate of drug-likeness (QED) is 0.237. The standard InChI is InChI=1S/C25H34N2O2/c1-4-6-8-9-10-20(3)29-24(28)17-14-21-12-15-23(16-13-21)25-26-18-22(19-27-25)11-7-5-2/h12-20H,4-11H2,1-3H3/t20-/m1/s1. The second kappa shape index (κ2) is 12.9. The first kappa shape index (κ1) is 22.8.